The predicted octanol–water partition coefficient (Wildman–Crippen LogP) is 3.30. The number of fused-ring (bicyclic) bond motifs is 1. The lowest BCUT2D eigenvalue weighted by molar-refractivity contribution is 0.0852. The first-order valence-corrected chi connectivity index (χ1v) is 6.06. The van der Waals surface area contributed by atoms with E-state index in [1.165, 1.54) is 4.90 Å². The van der Waals surface area contributed by atoms with Crippen molar-refractivity contribution in [2.45, 2.75) is 13.3 Å². The largest absolute Gasteiger partial charge is 0.299 e. The third-order valence-corrected chi connectivity index (χ3v) is 2.88. The van der Waals surface area contributed by atoms with Crippen molar-refractivity contribution in [1.29, 1.82) is 5.41 Å². The summed E-state index contributed by atoms with van der Waals surface area (Å²) in [4.78, 5) is 13.6. The van der Waals surface area contributed by atoms with Crippen LogP contribution in [0.1, 0.15) is 23.7 Å². The fourth-order valence-corrected chi connectivity index (χ4v) is 1.95. The lowest BCUT2D eigenvalue weighted by Crippen LogP contribution is -2.29. The van der Waals surface area contributed by atoms with Gasteiger partial charge in [-0.1, -0.05) is 37.3 Å². The fourth-order valence-electron chi connectivity index (χ4n) is 1.95. The molecular weight excluding hydrogens is 224 g/mol. The topological polar surface area (TPSA) is 44.2 Å². The monoisotopic (exact) mass is 240 g/mol. The van der Waals surface area contributed by atoms with Crippen molar-refractivity contribution in [3.05, 3.63) is 48.0 Å². The molecule has 0 atom stereocenters. The summed E-state index contributed by atoms with van der Waals surface area (Å²) in [7, 11) is 0. The Morgan fingerprint density at radius 2 is 1.94 bits per heavy atom. The molecule has 2 aromatic rings. The van der Waals surface area contributed by atoms with Crippen molar-refractivity contribution >= 4 is 23.0 Å². The summed E-state index contributed by atoms with van der Waals surface area (Å²) in [5, 5.41) is 9.45. The highest BCUT2D eigenvalue weighted by molar-refractivity contribution is 6.02. The lowest BCUT2D eigenvalue weighted by Gasteiger charge is -2.16. The Hall–Kier alpha value is -2.16. The van der Waals surface area contributed by atoms with E-state index in [-0.39, 0.29) is 5.91 Å². The summed E-state index contributed by atoms with van der Waals surface area (Å²) < 4.78 is 0. The Morgan fingerprint density at radius 1 is 1.22 bits per heavy atom. The number of amides is 1. The van der Waals surface area contributed by atoms with Crippen molar-refractivity contribution < 1.29 is 4.79 Å². The summed E-state index contributed by atoms with van der Waals surface area (Å²) in [5.74, 6) is -0.113. The molecule has 2 aromatic carbocycles. The van der Waals surface area contributed by atoms with Gasteiger partial charge in [-0.05, 0) is 29.3 Å². The number of carbonyl (C=O) groups excluding carboxylic acids is 1. The molecule has 3 heteroatoms. The summed E-state index contributed by atoms with van der Waals surface area (Å²) in [5.41, 5.74) is 0.630. The average Bonchev–Trinajstić information content (AvgIpc) is 2.43. The van der Waals surface area contributed by atoms with Gasteiger partial charge in [0.15, 0.2) is 0 Å². The van der Waals surface area contributed by atoms with Crippen molar-refractivity contribution in [2.24, 2.45) is 0 Å². The molecule has 0 aliphatic rings. The zero-order chi connectivity index (χ0) is 13.0. The van der Waals surface area contributed by atoms with E-state index in [0.29, 0.717) is 12.1 Å². The molecule has 0 heterocycles. The Bertz CT molecular complexity index is 577. The smallest absolute Gasteiger partial charge is 0.258 e. The SMILES string of the molecule is CCCN(C=N)C(=O)c1ccc2ccccc2c1. The second kappa shape index (κ2) is 5.45. The molecule has 92 valence electrons. The molecule has 0 bridgehead atoms. The highest BCUT2D eigenvalue weighted by Gasteiger charge is 2.12. The van der Waals surface area contributed by atoms with Gasteiger partial charge in [0, 0.05) is 12.1 Å². The Balaban J connectivity index is 2.35. The maximum absolute atomic E-state index is 12.2. The normalized spacial score (nSPS) is 10.3. The van der Waals surface area contributed by atoms with Gasteiger partial charge in [-0.3, -0.25) is 15.1 Å². The fraction of sp³-hybridized carbons (Fsp3) is 0.200. The molecule has 0 unspecified atom stereocenters. The zero-order valence-electron chi connectivity index (χ0n) is 10.4. The highest BCUT2D eigenvalue weighted by atomic mass is 16.2. The van der Waals surface area contributed by atoms with Crippen LogP contribution in [-0.2, 0) is 0 Å². The van der Waals surface area contributed by atoms with Gasteiger partial charge in [0.05, 0.1) is 6.34 Å². The summed E-state index contributed by atoms with van der Waals surface area (Å²) in [6, 6.07) is 13.6. The number of hydrogen-bond acceptors (Lipinski definition) is 2. The van der Waals surface area contributed by atoms with Gasteiger partial charge in [-0.15, -0.1) is 0 Å². The summed E-state index contributed by atoms with van der Waals surface area (Å²) in [6.07, 6.45) is 1.94. The molecule has 0 spiro atoms. The standard InChI is InChI=1S/C15H16N2O/c1-2-9-17(11-16)15(18)14-8-7-12-5-3-4-6-13(12)10-14/h3-8,10-11,16H,2,9H2,1H3. The third-order valence-electron chi connectivity index (χ3n) is 2.88. The third kappa shape index (κ3) is 2.40. The Labute approximate surface area is 107 Å². The number of nitrogens with one attached hydrogen (secondary N) is 1. The first kappa shape index (κ1) is 12.3. The quantitative estimate of drug-likeness (QED) is 0.646. The molecule has 2 rings (SSSR count). The van der Waals surface area contributed by atoms with Gasteiger partial charge >= 0.3 is 0 Å². The van der Waals surface area contributed by atoms with Gasteiger partial charge in [-0.25, -0.2) is 0 Å². The second-order valence-corrected chi connectivity index (χ2v) is 4.19. The number of nitrogens with zero attached hydrogens (tertiary/aromatic N) is 1. The summed E-state index contributed by atoms with van der Waals surface area (Å²) in [6.45, 7) is 2.57. The highest BCUT2D eigenvalue weighted by Crippen LogP contribution is 2.16. The van der Waals surface area contributed by atoms with Gasteiger partial charge in [-0.2, -0.15) is 0 Å². The van der Waals surface area contributed by atoms with E-state index in [4.69, 9.17) is 5.41 Å². The van der Waals surface area contributed by atoms with Crippen LogP contribution in [0.15, 0.2) is 42.5 Å². The Morgan fingerprint density at radius 3 is 2.61 bits per heavy atom. The number of benzene rings is 2. The van der Waals surface area contributed by atoms with Crippen LogP contribution in [0.25, 0.3) is 10.8 Å². The van der Waals surface area contributed by atoms with Gasteiger partial charge in [0.25, 0.3) is 5.91 Å². The first-order chi connectivity index (χ1) is 8.76. The molecule has 0 aliphatic heterocycles. The lowest BCUT2D eigenvalue weighted by atomic mass is 10.1. The van der Waals surface area contributed by atoms with Crippen LogP contribution in [0.2, 0.25) is 0 Å². The summed E-state index contributed by atoms with van der Waals surface area (Å²) >= 11 is 0. The second-order valence-electron chi connectivity index (χ2n) is 4.19. The van der Waals surface area contributed by atoms with Crippen molar-refractivity contribution in [1.82, 2.24) is 4.90 Å². The molecule has 0 radical (unpaired) electrons. The molecule has 3 nitrogen and oxygen atoms in total. The van der Waals surface area contributed by atoms with E-state index in [9.17, 15) is 4.79 Å². The molecule has 0 aliphatic carbocycles. The van der Waals surface area contributed by atoms with Crippen LogP contribution in [0.3, 0.4) is 0 Å². The molecule has 18 heavy (non-hydrogen) atoms. The molecule has 0 saturated heterocycles. The molecule has 0 saturated carbocycles. The maximum Gasteiger partial charge on any atom is 0.258 e. The van der Waals surface area contributed by atoms with E-state index in [1.807, 2.05) is 49.4 Å². The zero-order valence-corrected chi connectivity index (χ0v) is 10.4. The molecule has 1 N–H and O–H groups in total. The van der Waals surface area contributed by atoms with Crippen LogP contribution in [-0.4, -0.2) is 23.7 Å². The van der Waals surface area contributed by atoms with Crippen LogP contribution in [0.5, 0.6) is 0 Å². The van der Waals surface area contributed by atoms with E-state index >= 15 is 0 Å². The van der Waals surface area contributed by atoms with Crippen molar-refractivity contribution in [2.75, 3.05) is 6.54 Å². The predicted molar refractivity (Wildman–Crippen MR) is 74.1 cm³/mol. The van der Waals surface area contributed by atoms with E-state index in [1.54, 1.807) is 0 Å². The van der Waals surface area contributed by atoms with Crippen LogP contribution >= 0.6 is 0 Å². The van der Waals surface area contributed by atoms with Gasteiger partial charge in [0.1, 0.15) is 0 Å². The van der Waals surface area contributed by atoms with E-state index in [2.05, 4.69) is 0 Å². The molecule has 0 aromatic heterocycles. The first-order valence-electron chi connectivity index (χ1n) is 6.06. The van der Waals surface area contributed by atoms with Crippen LogP contribution in [0.4, 0.5) is 0 Å². The van der Waals surface area contributed by atoms with E-state index in [0.717, 1.165) is 23.5 Å². The van der Waals surface area contributed by atoms with E-state index < -0.39 is 0 Å². The minimum absolute atomic E-state index is 0.113. The van der Waals surface area contributed by atoms with Gasteiger partial charge in [0.2, 0.25) is 0 Å². The van der Waals surface area contributed by atoms with Crippen molar-refractivity contribution in [3.63, 3.8) is 0 Å². The number of rotatable bonds is 4. The molecular formula is C15H16N2O. The molecule has 0 fully saturated rings. The van der Waals surface area contributed by atoms with Crippen molar-refractivity contribution in [3.8, 4) is 0 Å². The minimum atomic E-state index is -0.113. The number of hydrogen-bond donors (Lipinski definition) is 1. The Kier molecular flexibility index (Phi) is 3.72. The van der Waals surface area contributed by atoms with Gasteiger partial charge < -0.3 is 0 Å². The minimum Gasteiger partial charge on any atom is -0.299 e. The average molecular weight is 240 g/mol. The van der Waals surface area contributed by atoms with Crippen LogP contribution in [0, 0.1) is 5.41 Å². The number of carbonyl (C=O) groups is 1. The molecule has 1 amide bonds. The van der Waals surface area contributed by atoms with Crippen LogP contribution < -0.4 is 0 Å². The maximum atomic E-state index is 12.2.